The van der Waals surface area contributed by atoms with Crippen LogP contribution < -0.4 is 9.80 Å². The molecular formula is C38H42N2O2. The highest BCUT2D eigenvalue weighted by molar-refractivity contribution is 5.79. The van der Waals surface area contributed by atoms with Crippen LogP contribution in [0.5, 0.6) is 0 Å². The summed E-state index contributed by atoms with van der Waals surface area (Å²) in [7, 11) is 0. The monoisotopic (exact) mass is 558 g/mol. The van der Waals surface area contributed by atoms with Crippen LogP contribution in [0.3, 0.4) is 0 Å². The molecule has 0 unspecified atom stereocenters. The quantitative estimate of drug-likeness (QED) is 0.178. The zero-order chi connectivity index (χ0) is 29.3. The van der Waals surface area contributed by atoms with E-state index in [1.165, 1.54) is 44.5 Å². The molecular weight excluding hydrogens is 516 g/mol. The maximum absolute atomic E-state index is 9.28. The molecule has 0 amide bonds. The van der Waals surface area contributed by atoms with Crippen LogP contribution in [0, 0.1) is 0 Å². The molecule has 0 saturated heterocycles. The van der Waals surface area contributed by atoms with Crippen LogP contribution in [0.4, 0.5) is 11.4 Å². The van der Waals surface area contributed by atoms with E-state index in [1.54, 1.807) is 0 Å². The van der Waals surface area contributed by atoms with Crippen molar-refractivity contribution in [2.24, 2.45) is 0 Å². The summed E-state index contributed by atoms with van der Waals surface area (Å²) in [6, 6.07) is 30.7. The Morgan fingerprint density at radius 2 is 0.881 bits per heavy atom. The Balaban J connectivity index is 1.26. The number of aliphatic hydroxyl groups is 2. The van der Waals surface area contributed by atoms with Crippen LogP contribution in [0.25, 0.3) is 35.4 Å². The van der Waals surface area contributed by atoms with Crippen molar-refractivity contribution in [3.05, 3.63) is 118 Å². The van der Waals surface area contributed by atoms with E-state index in [-0.39, 0.29) is 13.2 Å². The highest BCUT2D eigenvalue weighted by Crippen LogP contribution is 2.35. The number of rotatable bonds is 12. The largest absolute Gasteiger partial charge is 0.395 e. The van der Waals surface area contributed by atoms with Gasteiger partial charge in [-0.15, -0.1) is 0 Å². The van der Waals surface area contributed by atoms with E-state index in [0.29, 0.717) is 13.1 Å². The summed E-state index contributed by atoms with van der Waals surface area (Å²) in [5, 5.41) is 18.6. The minimum absolute atomic E-state index is 0.164. The Morgan fingerprint density at radius 3 is 1.24 bits per heavy atom. The number of benzene rings is 4. The zero-order valence-electron chi connectivity index (χ0n) is 24.8. The summed E-state index contributed by atoms with van der Waals surface area (Å²) < 4.78 is 0. The molecule has 216 valence electrons. The van der Waals surface area contributed by atoms with Gasteiger partial charge in [-0.05, 0) is 95.5 Å². The van der Waals surface area contributed by atoms with Crippen molar-refractivity contribution in [3.63, 3.8) is 0 Å². The first-order chi connectivity index (χ1) is 20.6. The van der Waals surface area contributed by atoms with Crippen LogP contribution in [-0.2, 0) is 12.8 Å². The number of aryl methyl sites for hydroxylation is 2. The minimum atomic E-state index is 0.164. The molecule has 0 fully saturated rings. The van der Waals surface area contributed by atoms with Crippen molar-refractivity contribution >= 4 is 35.7 Å². The van der Waals surface area contributed by atoms with E-state index in [0.717, 1.165) is 37.3 Å². The van der Waals surface area contributed by atoms with Gasteiger partial charge in [0.15, 0.2) is 0 Å². The fourth-order valence-electron chi connectivity index (χ4n) is 5.80. The predicted molar refractivity (Wildman–Crippen MR) is 180 cm³/mol. The second-order valence-electron chi connectivity index (χ2n) is 10.8. The van der Waals surface area contributed by atoms with Gasteiger partial charge in [-0.1, -0.05) is 85.0 Å². The normalized spacial score (nSPS) is 12.5. The van der Waals surface area contributed by atoms with E-state index in [4.69, 9.17) is 0 Å². The molecule has 0 heterocycles. The molecule has 0 aliphatic heterocycles. The number of aliphatic hydroxyl groups excluding tert-OH is 2. The van der Waals surface area contributed by atoms with Crippen LogP contribution >= 0.6 is 0 Å². The second-order valence-corrected chi connectivity index (χ2v) is 10.8. The number of hydrogen-bond acceptors (Lipinski definition) is 4. The van der Waals surface area contributed by atoms with Gasteiger partial charge in [0.25, 0.3) is 0 Å². The fourth-order valence-corrected chi connectivity index (χ4v) is 5.80. The topological polar surface area (TPSA) is 46.9 Å². The smallest absolute Gasteiger partial charge is 0.0606 e. The van der Waals surface area contributed by atoms with Crippen LogP contribution in [0.1, 0.15) is 47.2 Å². The lowest BCUT2D eigenvalue weighted by molar-refractivity contribution is 0.302. The predicted octanol–water partition coefficient (Wildman–Crippen LogP) is 7.43. The third kappa shape index (κ3) is 7.02. The molecule has 0 bridgehead atoms. The van der Waals surface area contributed by atoms with Crippen molar-refractivity contribution in [2.75, 3.05) is 49.2 Å². The molecule has 0 saturated carbocycles. The fraction of sp³-hybridized carbons (Fsp3) is 0.263. The van der Waals surface area contributed by atoms with Crippen LogP contribution in [0.15, 0.2) is 84.9 Å². The molecule has 42 heavy (non-hydrogen) atoms. The van der Waals surface area contributed by atoms with Gasteiger partial charge < -0.3 is 20.0 Å². The summed E-state index contributed by atoms with van der Waals surface area (Å²) in [6.07, 6.45) is 10.8. The van der Waals surface area contributed by atoms with Gasteiger partial charge in [-0.25, -0.2) is 0 Å². The summed E-state index contributed by atoms with van der Waals surface area (Å²) in [5.41, 5.74) is 12.6. The van der Waals surface area contributed by atoms with Crippen molar-refractivity contribution in [3.8, 4) is 11.1 Å². The Bertz CT molecular complexity index is 1400. The standard InChI is InChI=1S/C38H42N2O2/c1-3-39(23-25-41)35-17-9-29(10-18-35)5-7-31-13-21-37-33(27-31)15-16-34-28-32(14-22-38(34)37)8-6-30-11-19-36(20-12-30)40(4-2)24-26-42/h5-14,17-22,27-28,41-42H,3-4,15-16,23-26H2,1-2H3/b7-5+,8-6+. The van der Waals surface area contributed by atoms with Gasteiger partial charge in [-0.2, -0.15) is 0 Å². The molecule has 0 aromatic heterocycles. The average Bonchev–Trinajstić information content (AvgIpc) is 3.04. The maximum Gasteiger partial charge on any atom is 0.0606 e. The molecule has 0 radical (unpaired) electrons. The number of fused-ring (bicyclic) bond motifs is 3. The van der Waals surface area contributed by atoms with Crippen molar-refractivity contribution in [1.82, 2.24) is 0 Å². The van der Waals surface area contributed by atoms with Crippen LogP contribution in [0.2, 0.25) is 0 Å². The Labute approximate surface area is 250 Å². The molecule has 1 aliphatic rings. The minimum Gasteiger partial charge on any atom is -0.395 e. The highest BCUT2D eigenvalue weighted by Gasteiger charge is 2.16. The number of anilines is 2. The third-order valence-electron chi connectivity index (χ3n) is 8.17. The van der Waals surface area contributed by atoms with Crippen molar-refractivity contribution in [2.45, 2.75) is 26.7 Å². The first kappa shape index (κ1) is 29.4. The SMILES string of the molecule is CCN(CCO)c1ccc(/C=C/c2ccc3c(c2)CCc2cc(/C=C/c4ccc(N(CC)CCO)cc4)ccc2-3)cc1. The van der Waals surface area contributed by atoms with Gasteiger partial charge in [0.2, 0.25) is 0 Å². The maximum atomic E-state index is 9.28. The Hall–Kier alpha value is -4.12. The summed E-state index contributed by atoms with van der Waals surface area (Å²) >= 11 is 0. The molecule has 4 heteroatoms. The lowest BCUT2D eigenvalue weighted by atomic mass is 9.84. The zero-order valence-corrected chi connectivity index (χ0v) is 24.8. The first-order valence-electron chi connectivity index (χ1n) is 15.2. The molecule has 4 aromatic carbocycles. The molecule has 1 aliphatic carbocycles. The first-order valence-corrected chi connectivity index (χ1v) is 15.2. The molecule has 5 rings (SSSR count). The third-order valence-corrected chi connectivity index (χ3v) is 8.17. The lowest BCUT2D eigenvalue weighted by Crippen LogP contribution is -2.25. The van der Waals surface area contributed by atoms with Gasteiger partial charge >= 0.3 is 0 Å². The van der Waals surface area contributed by atoms with Crippen molar-refractivity contribution in [1.29, 1.82) is 0 Å². The Morgan fingerprint density at radius 1 is 0.524 bits per heavy atom. The number of hydrogen-bond donors (Lipinski definition) is 2. The van der Waals surface area contributed by atoms with Gasteiger partial charge in [0, 0.05) is 37.6 Å². The average molecular weight is 559 g/mol. The number of nitrogens with zero attached hydrogens (tertiary/aromatic N) is 2. The van der Waals surface area contributed by atoms with Crippen molar-refractivity contribution < 1.29 is 10.2 Å². The van der Waals surface area contributed by atoms with Crippen LogP contribution in [-0.4, -0.2) is 49.6 Å². The summed E-state index contributed by atoms with van der Waals surface area (Å²) in [6.45, 7) is 7.62. The van der Waals surface area contributed by atoms with E-state index < -0.39 is 0 Å². The van der Waals surface area contributed by atoms with E-state index >= 15 is 0 Å². The highest BCUT2D eigenvalue weighted by atomic mass is 16.3. The second kappa shape index (κ2) is 14.2. The number of likely N-dealkylation sites (N-methyl/N-ethyl adjacent to an activating group) is 2. The molecule has 4 aromatic rings. The Kier molecular flexibility index (Phi) is 9.91. The molecule has 4 nitrogen and oxygen atoms in total. The molecule has 0 spiro atoms. The summed E-state index contributed by atoms with van der Waals surface area (Å²) in [4.78, 5) is 4.35. The van der Waals surface area contributed by atoms with E-state index in [1.807, 2.05) is 0 Å². The molecule has 2 N–H and O–H groups in total. The van der Waals surface area contributed by atoms with E-state index in [2.05, 4.69) is 133 Å². The summed E-state index contributed by atoms with van der Waals surface area (Å²) in [5.74, 6) is 0. The van der Waals surface area contributed by atoms with E-state index in [9.17, 15) is 10.2 Å². The van der Waals surface area contributed by atoms with Gasteiger partial charge in [-0.3, -0.25) is 0 Å². The van der Waals surface area contributed by atoms with Gasteiger partial charge in [0.05, 0.1) is 13.2 Å². The molecule has 0 atom stereocenters. The van der Waals surface area contributed by atoms with Gasteiger partial charge in [0.1, 0.15) is 0 Å². The lowest BCUT2D eigenvalue weighted by Gasteiger charge is -2.22.